The second-order valence-electron chi connectivity index (χ2n) is 3.32. The number of rotatable bonds is 4. The van der Waals surface area contributed by atoms with E-state index in [1.54, 1.807) is 11.1 Å². The van der Waals surface area contributed by atoms with Crippen LogP contribution in [0.1, 0.15) is 25.5 Å². The Morgan fingerprint density at radius 1 is 1.50 bits per heavy atom. The SMILES string of the molecule is CCCC(=O)N(C)Cc1ccccn1. The molecule has 0 saturated heterocycles. The molecule has 76 valence electrons. The van der Waals surface area contributed by atoms with Crippen LogP contribution in [-0.2, 0) is 11.3 Å². The summed E-state index contributed by atoms with van der Waals surface area (Å²) in [6.07, 6.45) is 3.25. The summed E-state index contributed by atoms with van der Waals surface area (Å²) in [6.45, 7) is 2.60. The van der Waals surface area contributed by atoms with Crippen molar-refractivity contribution in [1.29, 1.82) is 0 Å². The zero-order valence-electron chi connectivity index (χ0n) is 8.73. The van der Waals surface area contributed by atoms with Crippen LogP contribution < -0.4 is 0 Å². The van der Waals surface area contributed by atoms with Gasteiger partial charge in [0.05, 0.1) is 12.2 Å². The van der Waals surface area contributed by atoms with Gasteiger partial charge >= 0.3 is 0 Å². The predicted octanol–water partition coefficient (Wildman–Crippen LogP) is 1.84. The normalized spacial score (nSPS) is 9.86. The van der Waals surface area contributed by atoms with E-state index in [9.17, 15) is 4.79 Å². The lowest BCUT2D eigenvalue weighted by Crippen LogP contribution is -2.26. The fourth-order valence-electron chi connectivity index (χ4n) is 1.23. The third-order valence-electron chi connectivity index (χ3n) is 2.01. The number of hydrogen-bond acceptors (Lipinski definition) is 2. The minimum Gasteiger partial charge on any atom is -0.340 e. The van der Waals surface area contributed by atoms with E-state index in [0.717, 1.165) is 12.1 Å². The van der Waals surface area contributed by atoms with E-state index < -0.39 is 0 Å². The predicted molar refractivity (Wildman–Crippen MR) is 55.6 cm³/mol. The smallest absolute Gasteiger partial charge is 0.222 e. The second kappa shape index (κ2) is 5.37. The van der Waals surface area contributed by atoms with Crippen LogP contribution in [0.2, 0.25) is 0 Å². The van der Waals surface area contributed by atoms with Gasteiger partial charge in [0.25, 0.3) is 0 Å². The zero-order valence-corrected chi connectivity index (χ0v) is 8.73. The maximum absolute atomic E-state index is 11.4. The first-order valence-corrected chi connectivity index (χ1v) is 4.88. The molecule has 0 aliphatic heterocycles. The van der Waals surface area contributed by atoms with Crippen LogP contribution in [0.25, 0.3) is 0 Å². The molecule has 0 aliphatic rings. The largest absolute Gasteiger partial charge is 0.340 e. The van der Waals surface area contributed by atoms with Gasteiger partial charge in [0.2, 0.25) is 5.91 Å². The van der Waals surface area contributed by atoms with Gasteiger partial charge in [-0.25, -0.2) is 0 Å². The van der Waals surface area contributed by atoms with Gasteiger partial charge in [-0.15, -0.1) is 0 Å². The molecule has 0 radical (unpaired) electrons. The summed E-state index contributed by atoms with van der Waals surface area (Å²) >= 11 is 0. The van der Waals surface area contributed by atoms with Gasteiger partial charge in [-0.2, -0.15) is 0 Å². The van der Waals surface area contributed by atoms with Crippen molar-refractivity contribution < 1.29 is 4.79 Å². The van der Waals surface area contributed by atoms with Crippen molar-refractivity contribution in [3.63, 3.8) is 0 Å². The fourth-order valence-corrected chi connectivity index (χ4v) is 1.23. The Balaban J connectivity index is 2.49. The molecule has 0 aromatic carbocycles. The molecule has 0 atom stereocenters. The van der Waals surface area contributed by atoms with Crippen molar-refractivity contribution in [2.45, 2.75) is 26.3 Å². The summed E-state index contributed by atoms with van der Waals surface area (Å²) in [6, 6.07) is 5.73. The van der Waals surface area contributed by atoms with E-state index in [-0.39, 0.29) is 5.91 Å². The topological polar surface area (TPSA) is 33.2 Å². The minimum absolute atomic E-state index is 0.179. The van der Waals surface area contributed by atoms with Crippen LogP contribution >= 0.6 is 0 Å². The van der Waals surface area contributed by atoms with Crippen molar-refractivity contribution in [2.75, 3.05) is 7.05 Å². The quantitative estimate of drug-likeness (QED) is 0.729. The summed E-state index contributed by atoms with van der Waals surface area (Å²) in [5, 5.41) is 0. The molecule has 0 bridgehead atoms. The van der Waals surface area contributed by atoms with Gasteiger partial charge in [-0.3, -0.25) is 9.78 Å². The average molecular weight is 192 g/mol. The highest BCUT2D eigenvalue weighted by Crippen LogP contribution is 2.01. The van der Waals surface area contributed by atoms with Crippen LogP contribution in [-0.4, -0.2) is 22.8 Å². The first-order chi connectivity index (χ1) is 6.74. The number of carbonyl (C=O) groups excluding carboxylic acids is 1. The molecule has 14 heavy (non-hydrogen) atoms. The molecule has 1 rings (SSSR count). The third-order valence-corrected chi connectivity index (χ3v) is 2.01. The third kappa shape index (κ3) is 3.17. The highest BCUT2D eigenvalue weighted by Gasteiger charge is 2.07. The van der Waals surface area contributed by atoms with E-state index in [4.69, 9.17) is 0 Å². The Kier molecular flexibility index (Phi) is 4.11. The molecule has 1 aromatic heterocycles. The lowest BCUT2D eigenvalue weighted by Gasteiger charge is -2.15. The highest BCUT2D eigenvalue weighted by molar-refractivity contribution is 5.75. The average Bonchev–Trinajstić information content (AvgIpc) is 2.19. The van der Waals surface area contributed by atoms with Gasteiger partial charge < -0.3 is 4.90 Å². The number of amides is 1. The lowest BCUT2D eigenvalue weighted by atomic mass is 10.3. The summed E-state index contributed by atoms with van der Waals surface area (Å²) in [5.74, 6) is 0.179. The molecule has 0 fully saturated rings. The molecule has 0 spiro atoms. The Labute approximate surface area is 84.8 Å². The van der Waals surface area contributed by atoms with Crippen LogP contribution in [0.5, 0.6) is 0 Å². The summed E-state index contributed by atoms with van der Waals surface area (Å²) in [7, 11) is 1.81. The van der Waals surface area contributed by atoms with Crippen molar-refractivity contribution in [3.05, 3.63) is 30.1 Å². The first-order valence-electron chi connectivity index (χ1n) is 4.88. The Morgan fingerprint density at radius 3 is 2.86 bits per heavy atom. The maximum Gasteiger partial charge on any atom is 0.222 e. The van der Waals surface area contributed by atoms with Gasteiger partial charge in [-0.05, 0) is 18.6 Å². The standard InChI is InChI=1S/C11H16N2O/c1-3-6-11(14)13(2)9-10-7-4-5-8-12-10/h4-5,7-8H,3,6,9H2,1-2H3. The molecule has 0 N–H and O–H groups in total. The van der Waals surface area contributed by atoms with Crippen molar-refractivity contribution in [1.82, 2.24) is 9.88 Å². The Morgan fingerprint density at radius 2 is 2.29 bits per heavy atom. The van der Waals surface area contributed by atoms with E-state index >= 15 is 0 Å². The van der Waals surface area contributed by atoms with E-state index in [1.165, 1.54) is 0 Å². The van der Waals surface area contributed by atoms with Crippen molar-refractivity contribution in [2.24, 2.45) is 0 Å². The minimum atomic E-state index is 0.179. The molecular weight excluding hydrogens is 176 g/mol. The van der Waals surface area contributed by atoms with Gasteiger partial charge in [0.1, 0.15) is 0 Å². The fraction of sp³-hybridized carbons (Fsp3) is 0.455. The van der Waals surface area contributed by atoms with Crippen molar-refractivity contribution >= 4 is 5.91 Å². The van der Waals surface area contributed by atoms with E-state index in [1.807, 2.05) is 32.2 Å². The van der Waals surface area contributed by atoms with Crippen LogP contribution in [0.15, 0.2) is 24.4 Å². The zero-order chi connectivity index (χ0) is 10.4. The highest BCUT2D eigenvalue weighted by atomic mass is 16.2. The molecular formula is C11H16N2O. The van der Waals surface area contributed by atoms with Gasteiger partial charge in [-0.1, -0.05) is 13.0 Å². The Hall–Kier alpha value is -1.38. The number of pyridine rings is 1. The Bertz CT molecular complexity index is 285. The van der Waals surface area contributed by atoms with Gasteiger partial charge in [0, 0.05) is 19.7 Å². The van der Waals surface area contributed by atoms with Crippen LogP contribution in [0, 0.1) is 0 Å². The number of carbonyl (C=O) groups is 1. The molecule has 1 heterocycles. The molecule has 3 heteroatoms. The second-order valence-corrected chi connectivity index (χ2v) is 3.32. The summed E-state index contributed by atoms with van der Waals surface area (Å²) < 4.78 is 0. The molecule has 0 aliphatic carbocycles. The molecule has 3 nitrogen and oxygen atoms in total. The number of hydrogen-bond donors (Lipinski definition) is 0. The number of aromatic nitrogens is 1. The molecule has 0 saturated carbocycles. The van der Waals surface area contributed by atoms with Gasteiger partial charge in [0.15, 0.2) is 0 Å². The molecule has 1 aromatic rings. The van der Waals surface area contributed by atoms with E-state index in [0.29, 0.717) is 13.0 Å². The first kappa shape index (κ1) is 10.7. The van der Waals surface area contributed by atoms with Crippen molar-refractivity contribution in [3.8, 4) is 0 Å². The summed E-state index contributed by atoms with van der Waals surface area (Å²) in [5.41, 5.74) is 0.930. The molecule has 1 amide bonds. The summed E-state index contributed by atoms with van der Waals surface area (Å²) in [4.78, 5) is 17.3. The van der Waals surface area contributed by atoms with Crippen LogP contribution in [0.4, 0.5) is 0 Å². The monoisotopic (exact) mass is 192 g/mol. The molecule has 0 unspecified atom stereocenters. The number of nitrogens with zero attached hydrogens (tertiary/aromatic N) is 2. The van der Waals surface area contributed by atoms with E-state index in [2.05, 4.69) is 4.98 Å². The van der Waals surface area contributed by atoms with Crippen LogP contribution in [0.3, 0.4) is 0 Å². The maximum atomic E-state index is 11.4. The lowest BCUT2D eigenvalue weighted by molar-refractivity contribution is -0.130.